The number of para-hydroxylation sites is 4. The summed E-state index contributed by atoms with van der Waals surface area (Å²) >= 11 is 0. The highest BCUT2D eigenvalue weighted by molar-refractivity contribution is 7.19. The maximum Gasteiger partial charge on any atom is 0.179 e. The number of fused-ring (bicyclic) bond motifs is 9. The highest BCUT2D eigenvalue weighted by Gasteiger charge is 2.41. The molecule has 0 aliphatic carbocycles. The van der Waals surface area contributed by atoms with Crippen molar-refractivity contribution < 1.29 is 4.42 Å². The van der Waals surface area contributed by atoms with Crippen molar-refractivity contribution in [3.8, 4) is 34.2 Å². The Bertz CT molecular complexity index is 4160. The van der Waals surface area contributed by atoms with Gasteiger partial charge in [0.2, 0.25) is 0 Å². The lowest BCUT2D eigenvalue weighted by Gasteiger charge is -2.34. The molecule has 4 heterocycles. The molecule has 14 rings (SSSR count). The van der Waals surface area contributed by atoms with Crippen LogP contribution in [0.5, 0.6) is 0 Å². The lowest BCUT2D eigenvalue weighted by atomic mass is 10.0. The molecule has 4 aromatic heterocycles. The van der Waals surface area contributed by atoms with Gasteiger partial charge in [-0.3, -0.25) is 4.57 Å². The molecule has 0 N–H and O–H groups in total. The molecule has 10 aromatic carbocycles. The molecule has 0 atom stereocenters. The van der Waals surface area contributed by atoms with Crippen LogP contribution in [0.4, 0.5) is 0 Å². The highest BCUT2D eigenvalue weighted by atomic mass is 28.3. The monoisotopic (exact) mass is 910 g/mol. The first-order chi connectivity index (χ1) is 34.7. The van der Waals surface area contributed by atoms with Gasteiger partial charge in [-0.25, -0.2) is 9.97 Å². The van der Waals surface area contributed by atoms with Gasteiger partial charge < -0.3 is 8.98 Å². The molecule has 0 unspecified atom stereocenters. The van der Waals surface area contributed by atoms with E-state index in [-0.39, 0.29) is 0 Å². The van der Waals surface area contributed by atoms with E-state index in [0.29, 0.717) is 5.82 Å². The minimum atomic E-state index is -2.88. The van der Waals surface area contributed by atoms with Crippen molar-refractivity contribution in [1.29, 1.82) is 0 Å². The molecule has 0 bridgehead atoms. The third kappa shape index (κ3) is 6.10. The van der Waals surface area contributed by atoms with Crippen LogP contribution in [-0.2, 0) is 0 Å². The first-order valence-corrected chi connectivity index (χ1v) is 25.8. The van der Waals surface area contributed by atoms with Gasteiger partial charge >= 0.3 is 0 Å². The molecule has 0 saturated heterocycles. The normalized spacial score (nSPS) is 12.0. The second kappa shape index (κ2) is 16.0. The Morgan fingerprint density at radius 1 is 0.343 bits per heavy atom. The van der Waals surface area contributed by atoms with Crippen molar-refractivity contribution in [3.63, 3.8) is 0 Å². The van der Waals surface area contributed by atoms with Crippen molar-refractivity contribution >= 4 is 94.4 Å². The summed E-state index contributed by atoms with van der Waals surface area (Å²) in [7, 11) is -2.88. The van der Waals surface area contributed by atoms with Crippen molar-refractivity contribution in [2.45, 2.75) is 0 Å². The minimum absolute atomic E-state index is 0.643. The zero-order chi connectivity index (χ0) is 46.2. The van der Waals surface area contributed by atoms with E-state index < -0.39 is 8.07 Å². The largest absolute Gasteiger partial charge is 0.456 e. The van der Waals surface area contributed by atoms with Crippen LogP contribution in [0.15, 0.2) is 259 Å². The van der Waals surface area contributed by atoms with Crippen LogP contribution in [0.2, 0.25) is 0 Å². The summed E-state index contributed by atoms with van der Waals surface area (Å²) in [5.41, 5.74) is 10.0. The van der Waals surface area contributed by atoms with Gasteiger partial charge in [-0.05, 0) is 69.3 Å². The van der Waals surface area contributed by atoms with E-state index in [1.807, 2.05) is 18.2 Å². The molecular weight excluding hydrogens is 869 g/mol. The van der Waals surface area contributed by atoms with E-state index in [1.54, 1.807) is 0 Å². The van der Waals surface area contributed by atoms with Gasteiger partial charge in [0.1, 0.15) is 17.0 Å². The Labute approximate surface area is 404 Å². The van der Waals surface area contributed by atoms with E-state index in [1.165, 1.54) is 42.6 Å². The van der Waals surface area contributed by atoms with Gasteiger partial charge in [-0.1, -0.05) is 200 Å². The summed E-state index contributed by atoms with van der Waals surface area (Å²) < 4.78 is 11.2. The number of hydrogen-bond donors (Lipinski definition) is 0. The Morgan fingerprint density at radius 3 is 1.49 bits per heavy atom. The number of aromatic nitrogens is 4. The molecule has 0 radical (unpaired) electrons. The van der Waals surface area contributed by atoms with Crippen LogP contribution >= 0.6 is 0 Å². The summed E-state index contributed by atoms with van der Waals surface area (Å²) in [6, 6.07) is 91.9. The molecule has 70 heavy (non-hydrogen) atoms. The average Bonchev–Trinajstić information content (AvgIpc) is 4.10. The highest BCUT2D eigenvalue weighted by Crippen LogP contribution is 2.40. The number of benzene rings is 10. The van der Waals surface area contributed by atoms with Crippen LogP contribution in [0.3, 0.4) is 0 Å². The topological polar surface area (TPSA) is 48.8 Å². The zero-order valence-electron chi connectivity index (χ0n) is 37.9. The molecular formula is C64H42N4OSi. The van der Waals surface area contributed by atoms with Crippen molar-refractivity contribution in [1.82, 2.24) is 19.1 Å². The molecule has 6 heteroatoms. The SMILES string of the molecule is c1ccc([Si](c2ccccc2)(c2ccccc2)c2cccc(-c3nc(-c4cccc5oc6ccccc6c45)cc(-n4c5ccccc5c5cc(-n6c7ccccc7c7ccccc76)ccc54)n3)c2)cc1. The van der Waals surface area contributed by atoms with Crippen LogP contribution in [0, 0.1) is 0 Å². The standard InChI is InChI=1S/C64H42N4OSi/c1-4-21-45(22-5-1)70(46-23-6-2-7-24-46,47-25-8-3-9-26-47)48-27-18-20-43(40-48)64-65-55(52-32-19-37-61-63(52)53-31-13-17-36-60(53)69-61)42-62(66-64)68-58-35-16-12-30-51(58)54-41-44(38-39-59(54)68)67-56-33-14-10-28-49(56)50-29-11-15-34-57(50)67/h1-42H. The van der Waals surface area contributed by atoms with Gasteiger partial charge in [0, 0.05) is 55.2 Å². The smallest absolute Gasteiger partial charge is 0.179 e. The quantitative estimate of drug-likeness (QED) is 0.113. The van der Waals surface area contributed by atoms with Crippen molar-refractivity contribution in [3.05, 3.63) is 255 Å². The predicted octanol–water partition coefficient (Wildman–Crippen LogP) is 13.3. The third-order valence-corrected chi connectivity index (χ3v) is 19.1. The number of furan rings is 1. The zero-order valence-corrected chi connectivity index (χ0v) is 38.9. The number of nitrogens with zero attached hydrogens (tertiary/aromatic N) is 4. The fourth-order valence-electron chi connectivity index (χ4n) is 11.3. The van der Waals surface area contributed by atoms with E-state index in [2.05, 4.69) is 246 Å². The number of hydrogen-bond acceptors (Lipinski definition) is 3. The summed E-state index contributed by atoms with van der Waals surface area (Å²) in [5.74, 6) is 1.42. The Hall–Kier alpha value is -9.10. The molecule has 328 valence electrons. The Kier molecular flexibility index (Phi) is 9.15. The summed E-state index contributed by atoms with van der Waals surface area (Å²) in [5, 5.41) is 12.0. The molecule has 5 nitrogen and oxygen atoms in total. The third-order valence-electron chi connectivity index (χ3n) is 14.3. The van der Waals surface area contributed by atoms with Crippen molar-refractivity contribution in [2.75, 3.05) is 0 Å². The number of rotatable bonds is 8. The van der Waals surface area contributed by atoms with Gasteiger partial charge in [0.15, 0.2) is 13.9 Å². The maximum atomic E-state index is 6.48. The van der Waals surface area contributed by atoms with Crippen LogP contribution in [0.1, 0.15) is 0 Å². The van der Waals surface area contributed by atoms with Crippen LogP contribution < -0.4 is 20.7 Å². The summed E-state index contributed by atoms with van der Waals surface area (Å²) in [4.78, 5) is 11.2. The summed E-state index contributed by atoms with van der Waals surface area (Å²) in [6.07, 6.45) is 0. The maximum absolute atomic E-state index is 6.48. The summed E-state index contributed by atoms with van der Waals surface area (Å²) in [6.45, 7) is 0. The molecule has 0 spiro atoms. The van der Waals surface area contributed by atoms with Crippen LogP contribution in [-0.4, -0.2) is 27.2 Å². The Morgan fingerprint density at radius 2 is 0.843 bits per heavy atom. The van der Waals surface area contributed by atoms with E-state index in [0.717, 1.165) is 72.1 Å². The van der Waals surface area contributed by atoms with E-state index >= 15 is 0 Å². The first-order valence-electron chi connectivity index (χ1n) is 23.8. The molecule has 0 aliphatic heterocycles. The molecule has 0 saturated carbocycles. The van der Waals surface area contributed by atoms with E-state index in [9.17, 15) is 0 Å². The van der Waals surface area contributed by atoms with Gasteiger partial charge in [0.25, 0.3) is 0 Å². The minimum Gasteiger partial charge on any atom is -0.456 e. The fourth-order valence-corrected chi connectivity index (χ4v) is 16.1. The predicted molar refractivity (Wildman–Crippen MR) is 292 cm³/mol. The second-order valence-electron chi connectivity index (χ2n) is 18.1. The average molecular weight is 911 g/mol. The van der Waals surface area contributed by atoms with Crippen LogP contribution in [0.25, 0.3) is 99.7 Å². The van der Waals surface area contributed by atoms with E-state index in [4.69, 9.17) is 14.4 Å². The fraction of sp³-hybridized carbons (Fsp3) is 0. The second-order valence-corrected chi connectivity index (χ2v) is 21.9. The lowest BCUT2D eigenvalue weighted by Crippen LogP contribution is -2.74. The Balaban J connectivity index is 1.04. The lowest BCUT2D eigenvalue weighted by molar-refractivity contribution is 0.669. The van der Waals surface area contributed by atoms with Gasteiger partial charge in [-0.2, -0.15) is 0 Å². The van der Waals surface area contributed by atoms with Crippen molar-refractivity contribution in [2.24, 2.45) is 0 Å². The molecule has 14 aromatic rings. The molecule has 0 fully saturated rings. The van der Waals surface area contributed by atoms with Gasteiger partial charge in [0.05, 0.1) is 27.8 Å². The molecule has 0 amide bonds. The first kappa shape index (κ1) is 40.0. The molecule has 0 aliphatic rings. The van der Waals surface area contributed by atoms with Gasteiger partial charge in [-0.15, -0.1) is 0 Å².